The largest absolute Gasteiger partial charge is 0.419 e. The SMILES string of the molecule is CS(=O)(=O)c1cc(C(=O)N2[C@@H](C(=O)N[C@@H](c3ccc(C(F)(F)F)c(F)c3)C3CC3)C[C@H]3C[C@H]32)ccn1. The van der Waals surface area contributed by atoms with Crippen molar-refractivity contribution in [1.82, 2.24) is 15.2 Å². The van der Waals surface area contributed by atoms with E-state index >= 15 is 0 Å². The summed E-state index contributed by atoms with van der Waals surface area (Å²) in [5.41, 5.74) is -1.03. The lowest BCUT2D eigenvalue weighted by Crippen LogP contribution is -2.49. The summed E-state index contributed by atoms with van der Waals surface area (Å²) >= 11 is 0. The minimum atomic E-state index is -4.82. The van der Waals surface area contributed by atoms with Crippen molar-refractivity contribution in [3.8, 4) is 0 Å². The molecule has 2 heterocycles. The summed E-state index contributed by atoms with van der Waals surface area (Å²) in [5.74, 6) is -2.26. The Morgan fingerprint density at radius 3 is 2.47 bits per heavy atom. The van der Waals surface area contributed by atoms with Gasteiger partial charge in [-0.1, -0.05) is 6.07 Å². The zero-order chi connectivity index (χ0) is 26.0. The number of hydrogen-bond acceptors (Lipinski definition) is 5. The number of alkyl halides is 3. The molecule has 5 rings (SSSR count). The third kappa shape index (κ3) is 4.70. The number of carbonyl (C=O) groups excluding carboxylic acids is 2. The van der Waals surface area contributed by atoms with Gasteiger partial charge in [0.2, 0.25) is 5.91 Å². The lowest BCUT2D eigenvalue weighted by atomic mass is 9.99. The normalized spacial score (nSPS) is 24.2. The van der Waals surface area contributed by atoms with Crippen LogP contribution in [-0.2, 0) is 20.8 Å². The molecule has 12 heteroatoms. The molecule has 7 nitrogen and oxygen atoms in total. The molecule has 192 valence electrons. The van der Waals surface area contributed by atoms with Gasteiger partial charge < -0.3 is 10.2 Å². The van der Waals surface area contributed by atoms with E-state index in [0.717, 1.165) is 31.6 Å². The molecule has 1 aliphatic heterocycles. The van der Waals surface area contributed by atoms with E-state index in [1.165, 1.54) is 29.3 Å². The summed E-state index contributed by atoms with van der Waals surface area (Å²) < 4.78 is 76.9. The van der Waals surface area contributed by atoms with Crippen molar-refractivity contribution >= 4 is 21.7 Å². The molecule has 0 unspecified atom stereocenters. The number of carbonyl (C=O) groups is 2. The molecule has 36 heavy (non-hydrogen) atoms. The van der Waals surface area contributed by atoms with Crippen LogP contribution in [0.15, 0.2) is 41.6 Å². The molecule has 2 aliphatic carbocycles. The Balaban J connectivity index is 1.37. The van der Waals surface area contributed by atoms with Crippen LogP contribution in [0.1, 0.15) is 53.2 Å². The summed E-state index contributed by atoms with van der Waals surface area (Å²) in [5, 5.41) is 2.60. The van der Waals surface area contributed by atoms with Gasteiger partial charge in [0.25, 0.3) is 5.91 Å². The van der Waals surface area contributed by atoms with Crippen LogP contribution in [0.25, 0.3) is 0 Å². The number of fused-ring (bicyclic) bond motifs is 1. The maximum absolute atomic E-state index is 14.2. The minimum Gasteiger partial charge on any atom is -0.347 e. The van der Waals surface area contributed by atoms with Crippen LogP contribution >= 0.6 is 0 Å². The Morgan fingerprint density at radius 1 is 1.14 bits per heavy atom. The van der Waals surface area contributed by atoms with Gasteiger partial charge in [0.05, 0.1) is 11.6 Å². The molecule has 2 amide bonds. The molecule has 1 aromatic carbocycles. The molecule has 4 atom stereocenters. The Hall–Kier alpha value is -3.02. The molecule has 0 radical (unpaired) electrons. The molecule has 1 N–H and O–H groups in total. The van der Waals surface area contributed by atoms with Crippen molar-refractivity contribution in [3.05, 3.63) is 59.0 Å². The van der Waals surface area contributed by atoms with Crippen LogP contribution in [0.4, 0.5) is 17.6 Å². The van der Waals surface area contributed by atoms with Crippen LogP contribution in [0.2, 0.25) is 0 Å². The average Bonchev–Trinajstić information content (AvgIpc) is 3.73. The highest BCUT2D eigenvalue weighted by Gasteiger charge is 2.56. The number of amides is 2. The summed E-state index contributed by atoms with van der Waals surface area (Å²) in [6, 6.07) is 3.58. The Labute approximate surface area is 204 Å². The number of piperidine rings is 1. The molecule has 3 fully saturated rings. The summed E-state index contributed by atoms with van der Waals surface area (Å²) in [6.45, 7) is 0. The van der Waals surface area contributed by atoms with E-state index in [1.54, 1.807) is 0 Å². The van der Waals surface area contributed by atoms with Gasteiger partial charge in [-0.15, -0.1) is 0 Å². The third-order valence-electron chi connectivity index (χ3n) is 7.05. The number of likely N-dealkylation sites (tertiary alicyclic amines) is 1. The van der Waals surface area contributed by atoms with Gasteiger partial charge in [0.1, 0.15) is 11.9 Å². The fourth-order valence-corrected chi connectivity index (χ4v) is 5.58. The Kier molecular flexibility index (Phi) is 5.85. The molecular formula is C24H23F4N3O4S. The maximum atomic E-state index is 14.2. The second-order valence-corrected chi connectivity index (χ2v) is 11.7. The molecule has 0 bridgehead atoms. The van der Waals surface area contributed by atoms with Gasteiger partial charge in [-0.05, 0) is 67.3 Å². The smallest absolute Gasteiger partial charge is 0.347 e. The quantitative estimate of drug-likeness (QED) is 0.583. The van der Waals surface area contributed by atoms with E-state index in [2.05, 4.69) is 10.3 Å². The van der Waals surface area contributed by atoms with Crippen LogP contribution in [0.5, 0.6) is 0 Å². The molecule has 2 saturated carbocycles. The van der Waals surface area contributed by atoms with E-state index in [0.29, 0.717) is 12.5 Å². The van der Waals surface area contributed by atoms with Gasteiger partial charge in [-0.2, -0.15) is 13.2 Å². The standard InChI is InChI=1S/C24H23F4N3O4S/c1-36(34,35)20-11-14(6-7-29-20)23(33)31-18-9-15(18)10-19(31)22(32)30-21(12-2-3-12)13-4-5-16(17(25)8-13)24(26,27)28/h4-8,11-12,15,18-19,21H,2-3,9-10H2,1H3,(H,30,32)/t15-,18-,19-,21-/m1/s1. The first-order valence-corrected chi connectivity index (χ1v) is 13.4. The van der Waals surface area contributed by atoms with Crippen LogP contribution < -0.4 is 5.32 Å². The minimum absolute atomic E-state index is 0.0392. The Bertz CT molecular complexity index is 1340. The molecular weight excluding hydrogens is 502 g/mol. The second kappa shape index (κ2) is 8.53. The van der Waals surface area contributed by atoms with E-state index in [4.69, 9.17) is 0 Å². The van der Waals surface area contributed by atoms with Gasteiger partial charge in [-0.3, -0.25) is 9.59 Å². The van der Waals surface area contributed by atoms with Crippen molar-refractivity contribution in [2.24, 2.45) is 11.8 Å². The average molecular weight is 526 g/mol. The number of halogens is 4. The summed E-state index contributed by atoms with van der Waals surface area (Å²) in [7, 11) is -3.64. The number of pyridine rings is 1. The van der Waals surface area contributed by atoms with Gasteiger partial charge >= 0.3 is 6.18 Å². The number of rotatable bonds is 6. The highest BCUT2D eigenvalue weighted by Crippen LogP contribution is 2.49. The Morgan fingerprint density at radius 2 is 1.86 bits per heavy atom. The van der Waals surface area contributed by atoms with Crippen molar-refractivity contribution in [3.63, 3.8) is 0 Å². The van der Waals surface area contributed by atoms with Crippen LogP contribution in [-0.4, -0.2) is 48.5 Å². The zero-order valence-electron chi connectivity index (χ0n) is 19.1. The lowest BCUT2D eigenvalue weighted by Gasteiger charge is -2.29. The lowest BCUT2D eigenvalue weighted by molar-refractivity contribution is -0.140. The number of benzene rings is 1. The zero-order valence-corrected chi connectivity index (χ0v) is 19.9. The first-order chi connectivity index (χ1) is 16.8. The topological polar surface area (TPSA) is 96.4 Å². The van der Waals surface area contributed by atoms with Crippen molar-refractivity contribution in [1.29, 1.82) is 0 Å². The molecule has 1 saturated heterocycles. The van der Waals surface area contributed by atoms with E-state index < -0.39 is 51.3 Å². The van der Waals surface area contributed by atoms with Crippen LogP contribution in [0, 0.1) is 17.7 Å². The number of nitrogens with one attached hydrogen (secondary N) is 1. The number of sulfone groups is 1. The maximum Gasteiger partial charge on any atom is 0.419 e. The highest BCUT2D eigenvalue weighted by molar-refractivity contribution is 7.90. The van der Waals surface area contributed by atoms with Crippen molar-refractivity contribution in [2.75, 3.05) is 6.26 Å². The van der Waals surface area contributed by atoms with E-state index in [1.807, 2.05) is 0 Å². The number of aromatic nitrogens is 1. The third-order valence-corrected chi connectivity index (χ3v) is 8.04. The number of hydrogen-bond donors (Lipinski definition) is 1. The first kappa shape index (κ1) is 24.7. The molecule has 1 aromatic heterocycles. The van der Waals surface area contributed by atoms with Crippen molar-refractivity contribution < 1.29 is 35.6 Å². The summed E-state index contributed by atoms with van der Waals surface area (Å²) in [6.07, 6.45) is 0.00232. The molecule has 0 spiro atoms. The molecule has 2 aromatic rings. The number of nitrogens with zero attached hydrogens (tertiary/aromatic N) is 2. The fourth-order valence-electron chi connectivity index (χ4n) is 4.98. The van der Waals surface area contributed by atoms with Crippen molar-refractivity contribution in [2.45, 2.75) is 55.0 Å². The predicted molar refractivity (Wildman–Crippen MR) is 119 cm³/mol. The van der Waals surface area contributed by atoms with Crippen LogP contribution in [0.3, 0.4) is 0 Å². The van der Waals surface area contributed by atoms with E-state index in [9.17, 15) is 35.6 Å². The highest BCUT2D eigenvalue weighted by atomic mass is 32.2. The van der Waals surface area contributed by atoms with Gasteiger partial charge in [0, 0.05) is 24.1 Å². The fraction of sp³-hybridized carbons (Fsp3) is 0.458. The predicted octanol–water partition coefficient (Wildman–Crippen LogP) is 3.51. The van der Waals surface area contributed by atoms with E-state index in [-0.39, 0.29) is 34.0 Å². The first-order valence-electron chi connectivity index (χ1n) is 11.5. The van der Waals surface area contributed by atoms with Gasteiger partial charge in [0.15, 0.2) is 14.9 Å². The monoisotopic (exact) mass is 525 g/mol. The molecule has 3 aliphatic rings. The summed E-state index contributed by atoms with van der Waals surface area (Å²) in [4.78, 5) is 31.9. The second-order valence-electron chi connectivity index (χ2n) is 9.74. The van der Waals surface area contributed by atoms with Gasteiger partial charge in [-0.25, -0.2) is 17.8 Å².